The van der Waals surface area contributed by atoms with Gasteiger partial charge in [0.25, 0.3) is 0 Å². The lowest BCUT2D eigenvalue weighted by Gasteiger charge is -2.14. The fraction of sp³-hybridized carbons (Fsp3) is 0. The van der Waals surface area contributed by atoms with E-state index in [1.165, 1.54) is 21.9 Å². The predicted octanol–water partition coefficient (Wildman–Crippen LogP) is 13.2. The third-order valence-electron chi connectivity index (χ3n) is 10.6. The molecule has 262 valence electrons. The van der Waals surface area contributed by atoms with Gasteiger partial charge in [-0.1, -0.05) is 158 Å². The topological polar surface area (TPSA) is 56.7 Å². The molecule has 11 rings (SSSR count). The highest BCUT2D eigenvalue weighted by atomic mass is 16.3. The van der Waals surface area contributed by atoms with Crippen LogP contribution in [0.5, 0.6) is 0 Å². The molecule has 3 aromatic heterocycles. The molecule has 0 aliphatic rings. The van der Waals surface area contributed by atoms with Gasteiger partial charge in [0, 0.05) is 32.8 Å². The number of aromatic nitrogens is 4. The van der Waals surface area contributed by atoms with Gasteiger partial charge in [0.05, 0.1) is 22.1 Å². The minimum absolute atomic E-state index is 0.582. The zero-order chi connectivity index (χ0) is 37.0. The lowest BCUT2D eigenvalue weighted by atomic mass is 9.99. The molecule has 0 saturated carbocycles. The molecule has 0 N–H and O–H groups in total. The van der Waals surface area contributed by atoms with Crippen molar-refractivity contribution in [3.05, 3.63) is 194 Å². The number of furan rings is 1. The van der Waals surface area contributed by atoms with E-state index in [2.05, 4.69) is 126 Å². The summed E-state index contributed by atoms with van der Waals surface area (Å²) in [4.78, 5) is 15.3. The molecular formula is C51H32N4O. The SMILES string of the molecule is c1ccc(-c2cc(-n3c4ccccc4c4cc(-c5ccccc5)ccc43)c3c(c2)oc2cccc(-c4nc(-c5ccccc5)nc(-c5ccccc5)n4)c23)cc1. The lowest BCUT2D eigenvalue weighted by Crippen LogP contribution is -2.00. The Labute approximate surface area is 322 Å². The number of hydrogen-bond acceptors (Lipinski definition) is 4. The summed E-state index contributed by atoms with van der Waals surface area (Å²) in [6, 6.07) is 67.4. The molecule has 56 heavy (non-hydrogen) atoms. The Morgan fingerprint density at radius 3 is 1.55 bits per heavy atom. The first-order valence-electron chi connectivity index (χ1n) is 18.8. The zero-order valence-corrected chi connectivity index (χ0v) is 30.2. The molecule has 0 saturated heterocycles. The van der Waals surface area contributed by atoms with Crippen LogP contribution in [-0.2, 0) is 0 Å². The molecule has 0 aliphatic heterocycles. The minimum Gasteiger partial charge on any atom is -0.456 e. The molecule has 5 nitrogen and oxygen atoms in total. The van der Waals surface area contributed by atoms with E-state index in [9.17, 15) is 0 Å². The Kier molecular flexibility index (Phi) is 7.42. The number of hydrogen-bond donors (Lipinski definition) is 0. The van der Waals surface area contributed by atoms with Crippen molar-refractivity contribution in [1.82, 2.24) is 19.5 Å². The first-order valence-corrected chi connectivity index (χ1v) is 18.8. The van der Waals surface area contributed by atoms with E-state index in [1.54, 1.807) is 0 Å². The average Bonchev–Trinajstić information content (AvgIpc) is 3.83. The molecule has 11 aromatic rings. The van der Waals surface area contributed by atoms with Crippen LogP contribution in [0.4, 0.5) is 0 Å². The largest absolute Gasteiger partial charge is 0.456 e. The summed E-state index contributed by atoms with van der Waals surface area (Å²) >= 11 is 0. The van der Waals surface area contributed by atoms with Gasteiger partial charge < -0.3 is 8.98 Å². The Morgan fingerprint density at radius 1 is 0.339 bits per heavy atom. The number of fused-ring (bicyclic) bond motifs is 6. The average molecular weight is 717 g/mol. The van der Waals surface area contributed by atoms with E-state index in [4.69, 9.17) is 19.4 Å². The first-order chi connectivity index (χ1) is 27.8. The Hall–Kier alpha value is -7.63. The molecule has 0 fully saturated rings. The second kappa shape index (κ2) is 13.0. The van der Waals surface area contributed by atoms with Crippen LogP contribution in [0.2, 0.25) is 0 Å². The van der Waals surface area contributed by atoms with Crippen molar-refractivity contribution in [1.29, 1.82) is 0 Å². The number of rotatable bonds is 6. The van der Waals surface area contributed by atoms with Crippen molar-refractivity contribution in [2.24, 2.45) is 0 Å². The molecule has 8 aromatic carbocycles. The maximum atomic E-state index is 6.86. The number of para-hydroxylation sites is 1. The Balaban J connectivity index is 1.24. The van der Waals surface area contributed by atoms with Crippen LogP contribution in [0, 0.1) is 0 Å². The maximum absolute atomic E-state index is 6.86. The van der Waals surface area contributed by atoms with Gasteiger partial charge in [-0.25, -0.2) is 15.0 Å². The van der Waals surface area contributed by atoms with Crippen molar-refractivity contribution >= 4 is 43.7 Å². The summed E-state index contributed by atoms with van der Waals surface area (Å²) in [6.45, 7) is 0. The van der Waals surface area contributed by atoms with Crippen molar-refractivity contribution in [3.63, 3.8) is 0 Å². The van der Waals surface area contributed by atoms with Gasteiger partial charge in [-0.15, -0.1) is 0 Å². The summed E-state index contributed by atoms with van der Waals surface area (Å²) in [5.41, 5.74) is 12.1. The minimum atomic E-state index is 0.582. The molecule has 0 radical (unpaired) electrons. The van der Waals surface area contributed by atoms with E-state index in [0.29, 0.717) is 17.5 Å². The molecule has 0 spiro atoms. The van der Waals surface area contributed by atoms with E-state index in [0.717, 1.165) is 66.5 Å². The second-order valence-electron chi connectivity index (χ2n) is 14.0. The van der Waals surface area contributed by atoms with Crippen LogP contribution in [0.3, 0.4) is 0 Å². The summed E-state index contributed by atoms with van der Waals surface area (Å²) in [6.07, 6.45) is 0. The van der Waals surface area contributed by atoms with Crippen LogP contribution >= 0.6 is 0 Å². The van der Waals surface area contributed by atoms with Crippen molar-refractivity contribution in [3.8, 4) is 62.1 Å². The van der Waals surface area contributed by atoms with Crippen LogP contribution in [0.25, 0.3) is 106 Å². The fourth-order valence-corrected chi connectivity index (χ4v) is 8.06. The van der Waals surface area contributed by atoms with E-state index < -0.39 is 0 Å². The highest BCUT2D eigenvalue weighted by molar-refractivity contribution is 6.18. The zero-order valence-electron chi connectivity index (χ0n) is 30.2. The third-order valence-corrected chi connectivity index (χ3v) is 10.6. The monoisotopic (exact) mass is 716 g/mol. The molecule has 0 aliphatic carbocycles. The van der Waals surface area contributed by atoms with Gasteiger partial charge in [0.15, 0.2) is 17.5 Å². The van der Waals surface area contributed by atoms with Crippen LogP contribution < -0.4 is 0 Å². The number of nitrogens with zero attached hydrogens (tertiary/aromatic N) is 4. The highest BCUT2D eigenvalue weighted by Gasteiger charge is 2.23. The number of benzene rings is 8. The molecule has 3 heterocycles. The molecule has 5 heteroatoms. The van der Waals surface area contributed by atoms with Crippen LogP contribution in [0.15, 0.2) is 199 Å². The normalized spacial score (nSPS) is 11.6. The van der Waals surface area contributed by atoms with Crippen molar-refractivity contribution in [2.75, 3.05) is 0 Å². The second-order valence-corrected chi connectivity index (χ2v) is 14.0. The maximum Gasteiger partial charge on any atom is 0.164 e. The van der Waals surface area contributed by atoms with Crippen LogP contribution in [-0.4, -0.2) is 19.5 Å². The molecule has 0 unspecified atom stereocenters. The summed E-state index contributed by atoms with van der Waals surface area (Å²) in [5.74, 6) is 1.81. The van der Waals surface area contributed by atoms with Crippen molar-refractivity contribution < 1.29 is 4.42 Å². The van der Waals surface area contributed by atoms with Crippen molar-refractivity contribution in [2.45, 2.75) is 0 Å². The highest BCUT2D eigenvalue weighted by Crippen LogP contribution is 2.44. The van der Waals surface area contributed by atoms with E-state index in [1.807, 2.05) is 72.8 Å². The Bertz CT molecular complexity index is 3170. The van der Waals surface area contributed by atoms with Gasteiger partial charge in [0.1, 0.15) is 11.2 Å². The van der Waals surface area contributed by atoms with Gasteiger partial charge in [-0.3, -0.25) is 0 Å². The smallest absolute Gasteiger partial charge is 0.164 e. The molecule has 0 bridgehead atoms. The van der Waals surface area contributed by atoms with Gasteiger partial charge >= 0.3 is 0 Å². The molecule has 0 amide bonds. The van der Waals surface area contributed by atoms with Crippen LogP contribution in [0.1, 0.15) is 0 Å². The van der Waals surface area contributed by atoms with E-state index >= 15 is 0 Å². The van der Waals surface area contributed by atoms with Gasteiger partial charge in [-0.2, -0.15) is 0 Å². The summed E-state index contributed by atoms with van der Waals surface area (Å²) in [7, 11) is 0. The first kappa shape index (κ1) is 31.9. The fourth-order valence-electron chi connectivity index (χ4n) is 8.06. The van der Waals surface area contributed by atoms with E-state index in [-0.39, 0.29) is 0 Å². The van der Waals surface area contributed by atoms with Gasteiger partial charge in [-0.05, 0) is 58.7 Å². The summed E-state index contributed by atoms with van der Waals surface area (Å²) < 4.78 is 9.26. The standard InChI is InChI=1S/C51H32N4O/c1-5-16-33(17-6-1)37-28-29-43-41(30-37)39-24-13-14-26-42(39)55(43)44-31-38(34-18-7-2-8-19-34)32-46-48(44)47-40(25-15-27-45(47)56-46)51-53-49(35-20-9-3-10-21-35)52-50(54-51)36-22-11-4-12-23-36/h1-32H. The summed E-state index contributed by atoms with van der Waals surface area (Å²) in [5, 5.41) is 4.32. The quantitative estimate of drug-likeness (QED) is 0.172. The molecule has 0 atom stereocenters. The molecular weight excluding hydrogens is 685 g/mol. The van der Waals surface area contributed by atoms with Gasteiger partial charge in [0.2, 0.25) is 0 Å². The predicted molar refractivity (Wildman–Crippen MR) is 229 cm³/mol. The Morgan fingerprint density at radius 2 is 0.893 bits per heavy atom. The third kappa shape index (κ3) is 5.29. The lowest BCUT2D eigenvalue weighted by molar-refractivity contribution is 0.669.